The van der Waals surface area contributed by atoms with E-state index in [-0.39, 0.29) is 0 Å². The minimum absolute atomic E-state index is 0.984. The molecule has 0 amide bonds. The second kappa shape index (κ2) is 9.29. The molecule has 5 aromatic carbocycles. The van der Waals surface area contributed by atoms with Crippen LogP contribution >= 0.6 is 0 Å². The first-order valence-corrected chi connectivity index (χ1v) is 15.0. The van der Waals surface area contributed by atoms with Crippen LogP contribution < -0.4 is 20.7 Å². The molecular formula is C35H26N2Si. The molecule has 0 saturated carbocycles. The molecule has 7 rings (SSSR count). The maximum atomic E-state index is 4.93. The first kappa shape index (κ1) is 22.5. The van der Waals surface area contributed by atoms with Crippen molar-refractivity contribution in [1.82, 2.24) is 9.61 Å². The van der Waals surface area contributed by atoms with Gasteiger partial charge in [-0.1, -0.05) is 140 Å². The molecule has 0 fully saturated rings. The fraction of sp³-hybridized carbons (Fsp3) is 0. The van der Waals surface area contributed by atoms with Crippen molar-refractivity contribution < 1.29 is 0 Å². The van der Waals surface area contributed by atoms with Crippen LogP contribution in [0.4, 0.5) is 0 Å². The minimum Gasteiger partial charge on any atom is -0.240 e. The Bertz CT molecular complexity index is 1690. The Labute approximate surface area is 223 Å². The molecule has 0 bridgehead atoms. The Balaban J connectivity index is 1.40. The van der Waals surface area contributed by atoms with Crippen LogP contribution in [0.1, 0.15) is 0 Å². The van der Waals surface area contributed by atoms with Gasteiger partial charge in [0.15, 0.2) is 8.07 Å². The molecule has 0 aliphatic rings. The number of hydrogen-bond acceptors (Lipinski definition) is 1. The smallest absolute Gasteiger partial charge is 0.179 e. The predicted octanol–water partition coefficient (Wildman–Crippen LogP) is 5.53. The second-order valence-corrected chi connectivity index (χ2v) is 13.5. The number of benzene rings is 5. The van der Waals surface area contributed by atoms with Gasteiger partial charge in [-0.3, -0.25) is 0 Å². The number of aromatic nitrogens is 2. The quantitative estimate of drug-likeness (QED) is 0.223. The molecule has 0 saturated heterocycles. The van der Waals surface area contributed by atoms with Gasteiger partial charge >= 0.3 is 0 Å². The van der Waals surface area contributed by atoms with E-state index in [9.17, 15) is 0 Å². The molecule has 0 N–H and O–H groups in total. The third kappa shape index (κ3) is 3.68. The highest BCUT2D eigenvalue weighted by Crippen LogP contribution is 2.23. The van der Waals surface area contributed by atoms with Gasteiger partial charge in [0, 0.05) is 17.1 Å². The minimum atomic E-state index is -2.51. The normalized spacial score (nSPS) is 11.7. The lowest BCUT2D eigenvalue weighted by Crippen LogP contribution is -2.74. The van der Waals surface area contributed by atoms with Crippen LogP contribution in [0.25, 0.3) is 27.5 Å². The van der Waals surface area contributed by atoms with Crippen LogP contribution in [0.2, 0.25) is 0 Å². The molecule has 2 aromatic heterocycles. The number of fused-ring (bicyclic) bond motifs is 2. The van der Waals surface area contributed by atoms with Crippen molar-refractivity contribution in [1.29, 1.82) is 0 Å². The number of nitrogens with zero attached hydrogens (tertiary/aromatic N) is 2. The maximum Gasteiger partial charge on any atom is 0.179 e. The summed E-state index contributed by atoms with van der Waals surface area (Å²) in [7, 11) is -2.51. The average Bonchev–Trinajstić information content (AvgIpc) is 3.41. The van der Waals surface area contributed by atoms with E-state index in [2.05, 4.69) is 158 Å². The highest BCUT2D eigenvalue weighted by Gasteiger charge is 2.41. The topological polar surface area (TPSA) is 17.3 Å². The van der Waals surface area contributed by atoms with Crippen molar-refractivity contribution >= 4 is 45.1 Å². The summed E-state index contributed by atoms with van der Waals surface area (Å²) in [5, 5.41) is 12.8. The van der Waals surface area contributed by atoms with Crippen molar-refractivity contribution in [2.24, 2.45) is 0 Å². The van der Waals surface area contributed by atoms with E-state index in [1.807, 2.05) is 4.52 Å². The first-order valence-electron chi connectivity index (χ1n) is 13.0. The summed E-state index contributed by atoms with van der Waals surface area (Å²) < 4.78 is 1.99. The molecule has 7 aromatic rings. The lowest BCUT2D eigenvalue weighted by atomic mass is 10.1. The standard InChI is InChI=1S/C35H26N2Si/c1-4-14-31(15-5-1)38(32-16-6-2-7-17-32,33-18-8-3-9-19-33)34-22-20-27(21-23-34)35-25-30-24-28-12-10-11-13-29(28)26-37(30)36-35/h1-26H. The van der Waals surface area contributed by atoms with Crippen molar-refractivity contribution in [2.75, 3.05) is 0 Å². The van der Waals surface area contributed by atoms with Crippen molar-refractivity contribution in [3.05, 3.63) is 158 Å². The zero-order valence-corrected chi connectivity index (χ0v) is 21.9. The van der Waals surface area contributed by atoms with E-state index in [0.29, 0.717) is 0 Å². The van der Waals surface area contributed by atoms with Gasteiger partial charge in [-0.05, 0) is 38.3 Å². The highest BCUT2D eigenvalue weighted by atomic mass is 28.3. The molecule has 38 heavy (non-hydrogen) atoms. The molecule has 0 spiro atoms. The van der Waals surface area contributed by atoms with E-state index < -0.39 is 8.07 Å². The number of rotatable bonds is 5. The van der Waals surface area contributed by atoms with Gasteiger partial charge in [-0.2, -0.15) is 5.10 Å². The highest BCUT2D eigenvalue weighted by molar-refractivity contribution is 7.19. The summed E-state index contributed by atoms with van der Waals surface area (Å²) in [5.74, 6) is 0. The van der Waals surface area contributed by atoms with E-state index in [4.69, 9.17) is 5.10 Å². The maximum absolute atomic E-state index is 4.93. The zero-order chi connectivity index (χ0) is 25.4. The molecule has 2 heterocycles. The van der Waals surface area contributed by atoms with E-state index in [1.165, 1.54) is 31.5 Å². The molecule has 0 atom stereocenters. The van der Waals surface area contributed by atoms with Gasteiger partial charge in [0.1, 0.15) is 0 Å². The molecule has 180 valence electrons. The van der Waals surface area contributed by atoms with E-state index in [1.54, 1.807) is 0 Å². The van der Waals surface area contributed by atoms with Crippen LogP contribution in [0.3, 0.4) is 0 Å². The molecule has 3 heteroatoms. The third-order valence-corrected chi connectivity index (χ3v) is 12.4. The van der Waals surface area contributed by atoms with Crippen molar-refractivity contribution in [3.63, 3.8) is 0 Å². The fourth-order valence-corrected chi connectivity index (χ4v) is 10.5. The van der Waals surface area contributed by atoms with Gasteiger partial charge in [0.25, 0.3) is 0 Å². The Hall–Kier alpha value is -4.73. The Morgan fingerprint density at radius 1 is 0.447 bits per heavy atom. The van der Waals surface area contributed by atoms with Crippen LogP contribution in [-0.4, -0.2) is 17.7 Å². The summed E-state index contributed by atoms with van der Waals surface area (Å²) in [5.41, 5.74) is 3.21. The SMILES string of the molecule is c1ccc([Si](c2ccccc2)(c2ccccc2)c2ccc(-c3cc4cc5ccccc5cn4n3)cc2)cc1. The lowest BCUT2D eigenvalue weighted by molar-refractivity contribution is 0.974. The largest absolute Gasteiger partial charge is 0.240 e. The van der Waals surface area contributed by atoms with Crippen LogP contribution in [0.5, 0.6) is 0 Å². The zero-order valence-electron chi connectivity index (χ0n) is 20.9. The third-order valence-electron chi connectivity index (χ3n) is 7.56. The van der Waals surface area contributed by atoms with Crippen molar-refractivity contribution in [2.45, 2.75) is 0 Å². The van der Waals surface area contributed by atoms with Crippen LogP contribution in [0.15, 0.2) is 158 Å². The van der Waals surface area contributed by atoms with Gasteiger partial charge in [0.05, 0.1) is 11.2 Å². The fourth-order valence-electron chi connectivity index (χ4n) is 5.77. The Morgan fingerprint density at radius 3 is 1.47 bits per heavy atom. The Kier molecular flexibility index (Phi) is 5.49. The van der Waals surface area contributed by atoms with E-state index in [0.717, 1.165) is 16.8 Å². The number of pyridine rings is 1. The second-order valence-electron chi connectivity index (χ2n) is 9.73. The summed E-state index contributed by atoms with van der Waals surface area (Å²) in [6.07, 6.45) is 2.11. The average molecular weight is 503 g/mol. The Morgan fingerprint density at radius 2 is 0.921 bits per heavy atom. The van der Waals surface area contributed by atoms with Gasteiger partial charge in [-0.25, -0.2) is 4.52 Å². The van der Waals surface area contributed by atoms with Crippen LogP contribution in [0, 0.1) is 0 Å². The summed E-state index contributed by atoms with van der Waals surface area (Å²) in [4.78, 5) is 0. The molecule has 0 aliphatic carbocycles. The summed E-state index contributed by atoms with van der Waals surface area (Å²) >= 11 is 0. The number of hydrogen-bond donors (Lipinski definition) is 0. The van der Waals surface area contributed by atoms with Gasteiger partial charge in [-0.15, -0.1) is 0 Å². The van der Waals surface area contributed by atoms with Crippen LogP contribution in [-0.2, 0) is 0 Å². The monoisotopic (exact) mass is 502 g/mol. The van der Waals surface area contributed by atoms with E-state index >= 15 is 0 Å². The van der Waals surface area contributed by atoms with Crippen molar-refractivity contribution in [3.8, 4) is 11.3 Å². The lowest BCUT2D eigenvalue weighted by Gasteiger charge is -2.34. The molecule has 0 unspecified atom stereocenters. The molecular weight excluding hydrogens is 476 g/mol. The summed E-state index contributed by atoms with van der Waals surface area (Å²) in [6.45, 7) is 0. The first-order chi connectivity index (χ1) is 18.8. The van der Waals surface area contributed by atoms with Gasteiger partial charge in [0.2, 0.25) is 0 Å². The summed E-state index contributed by atoms with van der Waals surface area (Å²) in [6, 6.07) is 55.1. The molecule has 0 aliphatic heterocycles. The van der Waals surface area contributed by atoms with Gasteiger partial charge < -0.3 is 0 Å². The molecule has 0 radical (unpaired) electrons. The molecule has 2 nitrogen and oxygen atoms in total. The predicted molar refractivity (Wildman–Crippen MR) is 162 cm³/mol.